The minimum absolute atomic E-state index is 0.0230. The molecule has 0 aromatic heterocycles. The van der Waals surface area contributed by atoms with E-state index in [1.807, 2.05) is 12.1 Å². The Hall–Kier alpha value is -2.62. The van der Waals surface area contributed by atoms with Crippen molar-refractivity contribution in [1.82, 2.24) is 5.32 Å². The molecule has 1 unspecified atom stereocenters. The molecule has 1 saturated heterocycles. The molecule has 1 N–H and O–H groups in total. The number of rotatable bonds is 5. The van der Waals surface area contributed by atoms with Gasteiger partial charge in [0.15, 0.2) is 0 Å². The second-order valence-corrected chi connectivity index (χ2v) is 6.54. The minimum atomic E-state index is -0.110. The summed E-state index contributed by atoms with van der Waals surface area (Å²) < 4.78 is 0. The van der Waals surface area contributed by atoms with Crippen molar-refractivity contribution in [2.45, 2.75) is 39.2 Å². The molecule has 1 atom stereocenters. The first-order valence-corrected chi connectivity index (χ1v) is 8.86. The molecule has 3 rings (SSSR count). The second kappa shape index (κ2) is 7.51. The molecule has 2 amide bonds. The van der Waals surface area contributed by atoms with Crippen LogP contribution in [0.1, 0.15) is 53.7 Å². The Kier molecular flexibility index (Phi) is 5.17. The monoisotopic (exact) mass is 336 g/mol. The lowest BCUT2D eigenvalue weighted by Crippen LogP contribution is -2.29. The standard InChI is InChI=1S/C21H24N2O2/c1-3-19(16-11-9-15(2)10-12-16)22-21(25)17-6-4-7-18(14-17)23-13-5-8-20(23)24/h4,6-7,9-12,14,19H,3,5,8,13H2,1-2H3,(H,22,25). The average Bonchev–Trinajstić information content (AvgIpc) is 3.06. The predicted molar refractivity (Wildman–Crippen MR) is 99.7 cm³/mol. The van der Waals surface area contributed by atoms with E-state index in [1.54, 1.807) is 17.0 Å². The van der Waals surface area contributed by atoms with Crippen LogP contribution in [0, 0.1) is 6.92 Å². The van der Waals surface area contributed by atoms with Gasteiger partial charge in [-0.05, 0) is 43.5 Å². The molecule has 0 bridgehead atoms. The van der Waals surface area contributed by atoms with Crippen molar-refractivity contribution in [1.29, 1.82) is 0 Å². The van der Waals surface area contributed by atoms with Crippen molar-refractivity contribution in [2.24, 2.45) is 0 Å². The molecule has 2 aromatic rings. The van der Waals surface area contributed by atoms with E-state index in [0.717, 1.165) is 30.6 Å². The zero-order chi connectivity index (χ0) is 17.8. The summed E-state index contributed by atoms with van der Waals surface area (Å²) in [6, 6.07) is 15.5. The number of nitrogens with zero attached hydrogens (tertiary/aromatic N) is 1. The molecule has 4 nitrogen and oxygen atoms in total. The summed E-state index contributed by atoms with van der Waals surface area (Å²) in [6.07, 6.45) is 2.28. The van der Waals surface area contributed by atoms with E-state index >= 15 is 0 Å². The van der Waals surface area contributed by atoms with E-state index in [9.17, 15) is 9.59 Å². The summed E-state index contributed by atoms with van der Waals surface area (Å²) in [5.74, 6) is 0.0181. The Balaban J connectivity index is 1.76. The predicted octanol–water partition coefficient (Wildman–Crippen LogP) is 4.00. The van der Waals surface area contributed by atoms with Gasteiger partial charge in [0, 0.05) is 24.2 Å². The minimum Gasteiger partial charge on any atom is -0.345 e. The maximum atomic E-state index is 12.7. The number of amides is 2. The maximum absolute atomic E-state index is 12.7. The summed E-state index contributed by atoms with van der Waals surface area (Å²) in [4.78, 5) is 26.4. The van der Waals surface area contributed by atoms with Gasteiger partial charge in [-0.15, -0.1) is 0 Å². The molecule has 1 aliphatic heterocycles. The molecule has 0 saturated carbocycles. The first-order chi connectivity index (χ1) is 12.1. The Morgan fingerprint density at radius 1 is 1.20 bits per heavy atom. The lowest BCUT2D eigenvalue weighted by molar-refractivity contribution is -0.117. The van der Waals surface area contributed by atoms with Gasteiger partial charge in [-0.2, -0.15) is 0 Å². The lowest BCUT2D eigenvalue weighted by atomic mass is 10.0. The summed E-state index contributed by atoms with van der Waals surface area (Å²) in [5.41, 5.74) is 3.70. The first-order valence-electron chi connectivity index (χ1n) is 8.86. The molecule has 1 aliphatic rings. The van der Waals surface area contributed by atoms with Crippen LogP contribution in [0.3, 0.4) is 0 Å². The fourth-order valence-electron chi connectivity index (χ4n) is 3.20. The normalized spacial score (nSPS) is 15.3. The van der Waals surface area contributed by atoms with Gasteiger partial charge in [0.1, 0.15) is 0 Å². The van der Waals surface area contributed by atoms with Gasteiger partial charge in [0.2, 0.25) is 5.91 Å². The van der Waals surface area contributed by atoms with Crippen molar-refractivity contribution < 1.29 is 9.59 Å². The van der Waals surface area contributed by atoms with Gasteiger partial charge in [-0.25, -0.2) is 0 Å². The van der Waals surface area contributed by atoms with Gasteiger partial charge in [-0.1, -0.05) is 42.8 Å². The number of benzene rings is 2. The summed E-state index contributed by atoms with van der Waals surface area (Å²) in [5, 5.41) is 3.11. The summed E-state index contributed by atoms with van der Waals surface area (Å²) in [7, 11) is 0. The molecular formula is C21H24N2O2. The Morgan fingerprint density at radius 3 is 2.60 bits per heavy atom. The van der Waals surface area contributed by atoms with Crippen LogP contribution in [0.15, 0.2) is 48.5 Å². The number of hydrogen-bond donors (Lipinski definition) is 1. The summed E-state index contributed by atoms with van der Waals surface area (Å²) in [6.45, 7) is 4.84. The van der Waals surface area contributed by atoms with Crippen LogP contribution >= 0.6 is 0 Å². The van der Waals surface area contributed by atoms with E-state index < -0.39 is 0 Å². The molecule has 130 valence electrons. The van der Waals surface area contributed by atoms with E-state index in [2.05, 4.69) is 43.4 Å². The highest BCUT2D eigenvalue weighted by Crippen LogP contribution is 2.23. The third kappa shape index (κ3) is 3.90. The number of hydrogen-bond acceptors (Lipinski definition) is 2. The molecule has 4 heteroatoms. The second-order valence-electron chi connectivity index (χ2n) is 6.54. The van der Waals surface area contributed by atoms with Crippen molar-refractivity contribution >= 4 is 17.5 Å². The largest absolute Gasteiger partial charge is 0.345 e. The Bertz CT molecular complexity index is 768. The highest BCUT2D eigenvalue weighted by atomic mass is 16.2. The molecular weight excluding hydrogens is 312 g/mol. The summed E-state index contributed by atoms with van der Waals surface area (Å²) >= 11 is 0. The maximum Gasteiger partial charge on any atom is 0.251 e. The van der Waals surface area contributed by atoms with Crippen molar-refractivity contribution in [2.75, 3.05) is 11.4 Å². The fourth-order valence-corrected chi connectivity index (χ4v) is 3.20. The zero-order valence-corrected chi connectivity index (χ0v) is 14.8. The third-order valence-corrected chi connectivity index (χ3v) is 4.69. The molecule has 25 heavy (non-hydrogen) atoms. The van der Waals surface area contributed by atoms with Gasteiger partial charge in [-0.3, -0.25) is 9.59 Å². The van der Waals surface area contributed by atoms with Crippen LogP contribution in [-0.2, 0) is 4.79 Å². The number of carbonyl (C=O) groups excluding carboxylic acids is 2. The van der Waals surface area contributed by atoms with Crippen LogP contribution < -0.4 is 10.2 Å². The van der Waals surface area contributed by atoms with Crippen molar-refractivity contribution in [3.8, 4) is 0 Å². The molecule has 2 aromatic carbocycles. The molecule has 0 radical (unpaired) electrons. The molecule has 0 spiro atoms. The lowest BCUT2D eigenvalue weighted by Gasteiger charge is -2.19. The topological polar surface area (TPSA) is 49.4 Å². The Morgan fingerprint density at radius 2 is 1.96 bits per heavy atom. The smallest absolute Gasteiger partial charge is 0.251 e. The van der Waals surface area contributed by atoms with Gasteiger partial charge < -0.3 is 10.2 Å². The van der Waals surface area contributed by atoms with Crippen molar-refractivity contribution in [3.05, 3.63) is 65.2 Å². The number of anilines is 1. The third-order valence-electron chi connectivity index (χ3n) is 4.69. The van der Waals surface area contributed by atoms with Gasteiger partial charge in [0.05, 0.1) is 6.04 Å². The van der Waals surface area contributed by atoms with E-state index in [-0.39, 0.29) is 17.9 Å². The van der Waals surface area contributed by atoms with E-state index in [4.69, 9.17) is 0 Å². The van der Waals surface area contributed by atoms with Crippen LogP contribution in [0.5, 0.6) is 0 Å². The average molecular weight is 336 g/mol. The number of carbonyl (C=O) groups is 2. The SMILES string of the molecule is CCC(NC(=O)c1cccc(N2CCCC2=O)c1)c1ccc(C)cc1. The molecule has 1 fully saturated rings. The van der Waals surface area contributed by atoms with E-state index in [1.165, 1.54) is 5.56 Å². The van der Waals surface area contributed by atoms with Crippen LogP contribution in [-0.4, -0.2) is 18.4 Å². The highest BCUT2D eigenvalue weighted by Gasteiger charge is 2.22. The van der Waals surface area contributed by atoms with Crippen LogP contribution in [0.4, 0.5) is 5.69 Å². The highest BCUT2D eigenvalue weighted by molar-refractivity contribution is 5.99. The molecule has 1 heterocycles. The van der Waals surface area contributed by atoms with Gasteiger partial charge in [0.25, 0.3) is 5.91 Å². The van der Waals surface area contributed by atoms with E-state index in [0.29, 0.717) is 12.0 Å². The number of aryl methyl sites for hydroxylation is 1. The fraction of sp³-hybridized carbons (Fsp3) is 0.333. The van der Waals surface area contributed by atoms with Crippen LogP contribution in [0.25, 0.3) is 0 Å². The van der Waals surface area contributed by atoms with Gasteiger partial charge >= 0.3 is 0 Å². The first kappa shape index (κ1) is 17.2. The van der Waals surface area contributed by atoms with Crippen molar-refractivity contribution in [3.63, 3.8) is 0 Å². The quantitative estimate of drug-likeness (QED) is 0.897. The zero-order valence-electron chi connectivity index (χ0n) is 14.8. The molecule has 0 aliphatic carbocycles. The van der Waals surface area contributed by atoms with Crippen LogP contribution in [0.2, 0.25) is 0 Å². The number of nitrogens with one attached hydrogen (secondary N) is 1. The Labute approximate surface area is 148 Å².